The Morgan fingerprint density at radius 2 is 1.48 bits per heavy atom. The molecule has 2 aromatic rings. The number of fused-ring (bicyclic) bond motifs is 1. The molecule has 1 aliphatic heterocycles. The molecule has 2 amide bonds. The summed E-state index contributed by atoms with van der Waals surface area (Å²) in [5, 5.41) is 0. The van der Waals surface area contributed by atoms with Gasteiger partial charge in [-0.1, -0.05) is 35.8 Å². The van der Waals surface area contributed by atoms with Gasteiger partial charge in [-0.05, 0) is 24.3 Å². The highest BCUT2D eigenvalue weighted by Crippen LogP contribution is 2.21. The predicted molar refractivity (Wildman–Crippen MR) is 88.9 cm³/mol. The normalized spacial score (nSPS) is 12.3. The summed E-state index contributed by atoms with van der Waals surface area (Å²) in [6, 6.07) is 10.5. The zero-order valence-electron chi connectivity index (χ0n) is 12.1. The monoisotopic (exact) mass is 320 g/mol. The van der Waals surface area contributed by atoms with Gasteiger partial charge in [0, 0.05) is 0 Å². The summed E-state index contributed by atoms with van der Waals surface area (Å²) in [7, 11) is 0. The van der Waals surface area contributed by atoms with E-state index in [9.17, 15) is 9.59 Å². The minimum absolute atomic E-state index is 0.0774. The van der Waals surface area contributed by atoms with Gasteiger partial charge in [0.05, 0.1) is 34.0 Å². The van der Waals surface area contributed by atoms with E-state index in [0.29, 0.717) is 17.7 Å². The molecule has 0 aliphatic carbocycles. The topological polar surface area (TPSA) is 63.4 Å². The Morgan fingerprint density at radius 1 is 0.913 bits per heavy atom. The van der Waals surface area contributed by atoms with Crippen molar-refractivity contribution in [3.05, 3.63) is 57.3 Å². The highest BCUT2D eigenvalue weighted by atomic mass is 32.1. The molecule has 0 atom stereocenters. The lowest BCUT2D eigenvalue weighted by Crippen LogP contribution is -2.29. The van der Waals surface area contributed by atoms with Crippen LogP contribution in [-0.2, 0) is 0 Å². The zero-order chi connectivity index (χ0) is 16.2. The molecule has 2 heterocycles. The van der Waals surface area contributed by atoms with Gasteiger partial charge in [0.25, 0.3) is 11.8 Å². The van der Waals surface area contributed by atoms with Crippen LogP contribution >= 0.6 is 11.3 Å². The lowest BCUT2D eigenvalue weighted by molar-refractivity contribution is 0.0675. The molecule has 0 unspecified atom stereocenters. The van der Waals surface area contributed by atoms with Crippen LogP contribution in [0.15, 0.2) is 36.4 Å². The van der Waals surface area contributed by atoms with E-state index >= 15 is 0 Å². The van der Waals surface area contributed by atoms with Crippen molar-refractivity contribution >= 4 is 23.2 Å². The molecule has 112 valence electrons. The molecule has 1 aromatic carbocycles. The first-order valence-corrected chi connectivity index (χ1v) is 7.75. The van der Waals surface area contributed by atoms with E-state index in [0.717, 1.165) is 9.75 Å². The number of benzene rings is 1. The van der Waals surface area contributed by atoms with E-state index < -0.39 is 0 Å². The minimum atomic E-state index is -0.291. The molecule has 5 heteroatoms. The lowest BCUT2D eigenvalue weighted by Gasteiger charge is -2.08. The van der Waals surface area contributed by atoms with Crippen LogP contribution in [-0.4, -0.2) is 29.8 Å². The fourth-order valence-corrected chi connectivity index (χ4v) is 2.95. The highest BCUT2D eigenvalue weighted by molar-refractivity contribution is 7.13. The molecule has 0 saturated heterocycles. The standard InChI is InChI=1S/C18H12N2O2S/c19-11-3-5-13-9-10-14(23-13)6-4-12-20-17(21)15-7-1-2-8-16(15)18(20)22/h1-2,7-10H,11-12,19H2. The van der Waals surface area contributed by atoms with Crippen molar-refractivity contribution in [2.75, 3.05) is 13.1 Å². The third-order valence-electron chi connectivity index (χ3n) is 3.25. The average Bonchev–Trinajstić information content (AvgIpc) is 3.12. The van der Waals surface area contributed by atoms with Gasteiger partial charge >= 0.3 is 0 Å². The zero-order valence-corrected chi connectivity index (χ0v) is 12.9. The number of nitrogens with two attached hydrogens (primary N) is 1. The molecule has 23 heavy (non-hydrogen) atoms. The Bertz CT molecular complexity index is 871. The Balaban J connectivity index is 1.72. The fraction of sp³-hybridized carbons (Fsp3) is 0.111. The van der Waals surface area contributed by atoms with Crippen molar-refractivity contribution in [1.82, 2.24) is 4.90 Å². The summed E-state index contributed by atoms with van der Waals surface area (Å²) in [6.45, 7) is 0.396. The van der Waals surface area contributed by atoms with Gasteiger partial charge in [0.15, 0.2) is 0 Å². The maximum Gasteiger partial charge on any atom is 0.262 e. The van der Waals surface area contributed by atoms with Crippen molar-refractivity contribution in [2.45, 2.75) is 0 Å². The molecule has 0 saturated carbocycles. The van der Waals surface area contributed by atoms with E-state index in [1.165, 1.54) is 16.2 Å². The molecular weight excluding hydrogens is 308 g/mol. The fourth-order valence-electron chi connectivity index (χ4n) is 2.20. The summed E-state index contributed by atoms with van der Waals surface area (Å²) in [6.07, 6.45) is 0. The average molecular weight is 320 g/mol. The second kappa shape index (κ2) is 6.50. The number of carbonyl (C=O) groups excluding carboxylic acids is 2. The Labute approximate surface area is 137 Å². The Morgan fingerprint density at radius 3 is 2.04 bits per heavy atom. The SMILES string of the molecule is NCC#Cc1ccc(C#CCN2C(=O)c3ccccc3C2=O)s1. The quantitative estimate of drug-likeness (QED) is 0.643. The van der Waals surface area contributed by atoms with E-state index in [2.05, 4.69) is 23.7 Å². The number of amides is 2. The molecule has 1 aromatic heterocycles. The number of hydrogen-bond acceptors (Lipinski definition) is 4. The second-order valence-electron chi connectivity index (χ2n) is 4.71. The first-order chi connectivity index (χ1) is 11.2. The molecule has 2 N–H and O–H groups in total. The number of hydrogen-bond donors (Lipinski definition) is 1. The van der Waals surface area contributed by atoms with Gasteiger partial charge in [-0.25, -0.2) is 0 Å². The van der Waals surface area contributed by atoms with Gasteiger partial charge in [-0.2, -0.15) is 0 Å². The maximum atomic E-state index is 12.2. The van der Waals surface area contributed by atoms with Crippen LogP contribution < -0.4 is 5.73 Å². The predicted octanol–water partition coefficient (Wildman–Crippen LogP) is 1.71. The van der Waals surface area contributed by atoms with Gasteiger partial charge in [-0.3, -0.25) is 14.5 Å². The minimum Gasteiger partial charge on any atom is -0.320 e. The number of rotatable bonds is 1. The van der Waals surface area contributed by atoms with E-state index in [1.54, 1.807) is 24.3 Å². The molecule has 0 bridgehead atoms. The second-order valence-corrected chi connectivity index (χ2v) is 5.80. The van der Waals surface area contributed by atoms with Crippen LogP contribution in [0.3, 0.4) is 0 Å². The highest BCUT2D eigenvalue weighted by Gasteiger charge is 2.34. The summed E-state index contributed by atoms with van der Waals surface area (Å²) < 4.78 is 0. The number of carbonyl (C=O) groups is 2. The van der Waals surface area contributed by atoms with Gasteiger partial charge in [0.1, 0.15) is 0 Å². The first-order valence-electron chi connectivity index (χ1n) is 6.93. The van der Waals surface area contributed by atoms with Crippen molar-refractivity contribution < 1.29 is 9.59 Å². The molecule has 4 nitrogen and oxygen atoms in total. The van der Waals surface area contributed by atoms with Gasteiger partial charge < -0.3 is 5.73 Å². The molecular formula is C18H12N2O2S. The Hall–Kier alpha value is -2.86. The van der Waals surface area contributed by atoms with Crippen molar-refractivity contribution in [3.8, 4) is 23.7 Å². The smallest absolute Gasteiger partial charge is 0.262 e. The molecule has 0 fully saturated rings. The molecule has 0 spiro atoms. The molecule has 0 radical (unpaired) electrons. The largest absolute Gasteiger partial charge is 0.320 e. The number of imide groups is 1. The van der Waals surface area contributed by atoms with Gasteiger partial charge in [-0.15, -0.1) is 11.3 Å². The third kappa shape index (κ3) is 3.02. The van der Waals surface area contributed by atoms with Crippen molar-refractivity contribution in [3.63, 3.8) is 0 Å². The Kier molecular flexibility index (Phi) is 4.25. The number of nitrogens with zero attached hydrogens (tertiary/aromatic N) is 1. The van der Waals surface area contributed by atoms with Crippen molar-refractivity contribution in [2.24, 2.45) is 5.73 Å². The first kappa shape index (κ1) is 15.1. The summed E-state index contributed by atoms with van der Waals surface area (Å²) >= 11 is 1.45. The van der Waals surface area contributed by atoms with Gasteiger partial charge in [0.2, 0.25) is 0 Å². The molecule has 3 rings (SSSR count). The molecule has 1 aliphatic rings. The maximum absolute atomic E-state index is 12.2. The lowest BCUT2D eigenvalue weighted by atomic mass is 10.1. The van der Waals surface area contributed by atoms with Crippen LogP contribution in [0.25, 0.3) is 0 Å². The summed E-state index contributed by atoms with van der Waals surface area (Å²) in [4.78, 5) is 27.3. The van der Waals surface area contributed by atoms with Crippen LogP contribution in [0.4, 0.5) is 0 Å². The number of thiophene rings is 1. The van der Waals surface area contributed by atoms with Crippen LogP contribution in [0.1, 0.15) is 30.5 Å². The van der Waals surface area contributed by atoms with Crippen LogP contribution in [0.2, 0.25) is 0 Å². The van der Waals surface area contributed by atoms with E-state index in [-0.39, 0.29) is 18.4 Å². The summed E-state index contributed by atoms with van der Waals surface area (Å²) in [5.41, 5.74) is 6.21. The summed E-state index contributed by atoms with van der Waals surface area (Å²) in [5.74, 6) is 11.0. The van der Waals surface area contributed by atoms with Crippen molar-refractivity contribution in [1.29, 1.82) is 0 Å². The van der Waals surface area contributed by atoms with E-state index in [1.807, 2.05) is 12.1 Å². The van der Waals surface area contributed by atoms with E-state index in [4.69, 9.17) is 5.73 Å². The third-order valence-corrected chi connectivity index (χ3v) is 4.16. The van der Waals surface area contributed by atoms with Crippen LogP contribution in [0.5, 0.6) is 0 Å². The van der Waals surface area contributed by atoms with Crippen LogP contribution in [0, 0.1) is 23.7 Å².